The maximum absolute atomic E-state index is 9.56. The lowest BCUT2D eigenvalue weighted by Crippen LogP contribution is -2.36. The molecule has 1 unspecified atom stereocenters. The van der Waals surface area contributed by atoms with Crippen molar-refractivity contribution < 1.29 is 5.11 Å². The van der Waals surface area contributed by atoms with Crippen molar-refractivity contribution in [2.45, 2.75) is 39.7 Å². The Morgan fingerprint density at radius 3 is 2.39 bits per heavy atom. The van der Waals surface area contributed by atoms with Crippen LogP contribution in [0.4, 0.5) is 0 Å². The number of nitrogens with zero attached hydrogens (tertiary/aromatic N) is 1. The van der Waals surface area contributed by atoms with Gasteiger partial charge in [-0.15, -0.1) is 0 Å². The van der Waals surface area contributed by atoms with Gasteiger partial charge in [-0.2, -0.15) is 0 Å². The van der Waals surface area contributed by atoms with E-state index in [1.165, 1.54) is 31.5 Å². The maximum atomic E-state index is 9.56. The molecule has 1 saturated heterocycles. The number of piperidine rings is 1. The zero-order valence-corrected chi connectivity index (χ0v) is 11.8. The number of aromatic hydroxyl groups is 1. The molecule has 1 N–H and O–H groups in total. The smallest absolute Gasteiger partial charge is 0.115 e. The third-order valence-electron chi connectivity index (χ3n) is 4.42. The molecule has 2 nitrogen and oxygen atoms in total. The van der Waals surface area contributed by atoms with E-state index in [0.29, 0.717) is 11.8 Å². The van der Waals surface area contributed by atoms with E-state index >= 15 is 0 Å². The Morgan fingerprint density at radius 2 is 1.83 bits per heavy atom. The van der Waals surface area contributed by atoms with Gasteiger partial charge >= 0.3 is 0 Å². The number of hydrogen-bond acceptors (Lipinski definition) is 2. The van der Waals surface area contributed by atoms with Crippen molar-refractivity contribution in [1.29, 1.82) is 0 Å². The summed E-state index contributed by atoms with van der Waals surface area (Å²) in [6, 6.07) is 8.08. The van der Waals surface area contributed by atoms with Gasteiger partial charge in [0.1, 0.15) is 5.75 Å². The van der Waals surface area contributed by atoms with Crippen LogP contribution in [0.5, 0.6) is 5.75 Å². The second-order valence-electron chi connectivity index (χ2n) is 5.89. The number of benzene rings is 1. The molecule has 18 heavy (non-hydrogen) atoms. The normalized spacial score (nSPS) is 20.2. The highest BCUT2D eigenvalue weighted by Gasteiger charge is 2.25. The van der Waals surface area contributed by atoms with Gasteiger partial charge in [0.15, 0.2) is 0 Å². The van der Waals surface area contributed by atoms with E-state index in [1.807, 2.05) is 12.1 Å². The van der Waals surface area contributed by atoms with E-state index in [0.717, 1.165) is 11.8 Å². The molecule has 1 atom stereocenters. The Kier molecular flexibility index (Phi) is 4.28. The van der Waals surface area contributed by atoms with Crippen LogP contribution in [-0.2, 0) is 0 Å². The minimum atomic E-state index is 0.372. The molecular weight excluding hydrogens is 222 g/mol. The first-order chi connectivity index (χ1) is 8.58. The van der Waals surface area contributed by atoms with Crippen LogP contribution in [0.15, 0.2) is 24.3 Å². The number of phenolic OH excluding ortho intramolecular Hbond substituents is 1. The Bertz CT molecular complexity index is 380. The van der Waals surface area contributed by atoms with Gasteiger partial charge in [0.05, 0.1) is 0 Å². The molecule has 1 aliphatic heterocycles. The molecule has 1 fully saturated rings. The molecule has 1 aromatic rings. The van der Waals surface area contributed by atoms with Crippen LogP contribution in [0, 0.1) is 11.8 Å². The number of likely N-dealkylation sites (tertiary alicyclic amines) is 1. The summed E-state index contributed by atoms with van der Waals surface area (Å²) >= 11 is 0. The van der Waals surface area contributed by atoms with Crippen molar-refractivity contribution in [3.8, 4) is 5.75 Å². The molecule has 0 aromatic heterocycles. The Labute approximate surface area is 111 Å². The molecule has 2 heteroatoms. The van der Waals surface area contributed by atoms with Gasteiger partial charge in [0.25, 0.3) is 0 Å². The molecule has 1 aromatic carbocycles. The standard InChI is InChI=1S/C16H25NO/c1-12(2)14-7-9-17(10-8-14)13(3)15-5-4-6-16(18)11-15/h4-6,11-14,18H,7-10H2,1-3H3. The summed E-state index contributed by atoms with van der Waals surface area (Å²) in [6.07, 6.45) is 2.61. The first kappa shape index (κ1) is 13.4. The molecule has 0 spiro atoms. The summed E-state index contributed by atoms with van der Waals surface area (Å²) in [5.41, 5.74) is 1.22. The van der Waals surface area contributed by atoms with Gasteiger partial charge in [0, 0.05) is 6.04 Å². The van der Waals surface area contributed by atoms with Crippen molar-refractivity contribution >= 4 is 0 Å². The molecule has 0 radical (unpaired) electrons. The van der Waals surface area contributed by atoms with Crippen LogP contribution in [0.25, 0.3) is 0 Å². The fraction of sp³-hybridized carbons (Fsp3) is 0.625. The fourth-order valence-electron chi connectivity index (χ4n) is 2.97. The summed E-state index contributed by atoms with van der Waals surface area (Å²) in [5, 5.41) is 9.56. The van der Waals surface area contributed by atoms with E-state index in [9.17, 15) is 5.11 Å². The Hall–Kier alpha value is -1.02. The monoisotopic (exact) mass is 247 g/mol. The van der Waals surface area contributed by atoms with Crippen LogP contribution in [0.1, 0.15) is 45.2 Å². The van der Waals surface area contributed by atoms with Crippen LogP contribution < -0.4 is 0 Å². The van der Waals surface area contributed by atoms with Crippen LogP contribution >= 0.6 is 0 Å². The molecule has 0 saturated carbocycles. The quantitative estimate of drug-likeness (QED) is 0.877. The number of hydrogen-bond donors (Lipinski definition) is 1. The van der Waals surface area contributed by atoms with Gasteiger partial charge in [0.2, 0.25) is 0 Å². The highest BCUT2D eigenvalue weighted by Crippen LogP contribution is 2.30. The van der Waals surface area contributed by atoms with Crippen molar-refractivity contribution in [3.05, 3.63) is 29.8 Å². The van der Waals surface area contributed by atoms with E-state index in [4.69, 9.17) is 0 Å². The predicted octanol–water partition coefficient (Wildman–Crippen LogP) is 3.82. The Morgan fingerprint density at radius 1 is 1.17 bits per heavy atom. The first-order valence-electron chi connectivity index (χ1n) is 7.11. The lowest BCUT2D eigenvalue weighted by atomic mass is 9.86. The fourth-order valence-corrected chi connectivity index (χ4v) is 2.97. The second kappa shape index (κ2) is 5.75. The molecule has 100 valence electrons. The SMILES string of the molecule is CC(C)C1CCN(C(C)c2cccc(O)c2)CC1. The maximum Gasteiger partial charge on any atom is 0.115 e. The van der Waals surface area contributed by atoms with Crippen molar-refractivity contribution in [1.82, 2.24) is 4.90 Å². The molecule has 1 heterocycles. The molecule has 2 rings (SSSR count). The van der Waals surface area contributed by atoms with Crippen molar-refractivity contribution in [3.63, 3.8) is 0 Å². The highest BCUT2D eigenvalue weighted by molar-refractivity contribution is 5.29. The summed E-state index contributed by atoms with van der Waals surface area (Å²) < 4.78 is 0. The third kappa shape index (κ3) is 3.05. The third-order valence-corrected chi connectivity index (χ3v) is 4.42. The van der Waals surface area contributed by atoms with Crippen LogP contribution in [-0.4, -0.2) is 23.1 Å². The largest absolute Gasteiger partial charge is 0.508 e. The zero-order chi connectivity index (χ0) is 13.1. The van der Waals surface area contributed by atoms with E-state index in [1.54, 1.807) is 6.07 Å². The second-order valence-corrected chi connectivity index (χ2v) is 5.89. The molecular formula is C16H25NO. The number of phenols is 1. The minimum Gasteiger partial charge on any atom is -0.508 e. The molecule has 1 aliphatic rings. The predicted molar refractivity (Wildman–Crippen MR) is 75.7 cm³/mol. The summed E-state index contributed by atoms with van der Waals surface area (Å²) in [5.74, 6) is 2.07. The zero-order valence-electron chi connectivity index (χ0n) is 11.8. The summed E-state index contributed by atoms with van der Waals surface area (Å²) in [4.78, 5) is 2.54. The van der Waals surface area contributed by atoms with Crippen molar-refractivity contribution in [2.75, 3.05) is 13.1 Å². The van der Waals surface area contributed by atoms with Gasteiger partial charge in [-0.1, -0.05) is 26.0 Å². The lowest BCUT2D eigenvalue weighted by molar-refractivity contribution is 0.122. The van der Waals surface area contributed by atoms with Gasteiger partial charge in [-0.05, 0) is 62.4 Å². The highest BCUT2D eigenvalue weighted by atomic mass is 16.3. The van der Waals surface area contributed by atoms with Gasteiger partial charge in [-0.3, -0.25) is 4.90 Å². The van der Waals surface area contributed by atoms with E-state index < -0.39 is 0 Å². The topological polar surface area (TPSA) is 23.5 Å². The Balaban J connectivity index is 1.97. The summed E-state index contributed by atoms with van der Waals surface area (Å²) in [7, 11) is 0. The lowest BCUT2D eigenvalue weighted by Gasteiger charge is -2.37. The van der Waals surface area contributed by atoms with E-state index in [2.05, 4.69) is 31.7 Å². The first-order valence-corrected chi connectivity index (χ1v) is 7.11. The van der Waals surface area contributed by atoms with Gasteiger partial charge < -0.3 is 5.11 Å². The van der Waals surface area contributed by atoms with Crippen molar-refractivity contribution in [2.24, 2.45) is 11.8 Å². The van der Waals surface area contributed by atoms with E-state index in [-0.39, 0.29) is 0 Å². The number of rotatable bonds is 3. The van der Waals surface area contributed by atoms with Gasteiger partial charge in [-0.25, -0.2) is 0 Å². The molecule has 0 amide bonds. The van der Waals surface area contributed by atoms with Crippen LogP contribution in [0.2, 0.25) is 0 Å². The van der Waals surface area contributed by atoms with Crippen LogP contribution in [0.3, 0.4) is 0 Å². The molecule has 0 aliphatic carbocycles. The average molecular weight is 247 g/mol. The molecule has 0 bridgehead atoms. The summed E-state index contributed by atoms with van der Waals surface area (Å²) in [6.45, 7) is 9.27. The average Bonchev–Trinajstić information content (AvgIpc) is 2.38. The minimum absolute atomic E-state index is 0.372.